The van der Waals surface area contributed by atoms with Crippen LogP contribution in [0.3, 0.4) is 0 Å². The van der Waals surface area contributed by atoms with Gasteiger partial charge in [0.05, 0.1) is 16.6 Å². The van der Waals surface area contributed by atoms with Crippen molar-refractivity contribution in [2.24, 2.45) is 5.92 Å². The zero-order valence-corrected chi connectivity index (χ0v) is 24.3. The number of anilines is 1. The molecule has 0 saturated carbocycles. The number of fused-ring (bicyclic) bond motifs is 1. The zero-order chi connectivity index (χ0) is 26.4. The van der Waals surface area contributed by atoms with Gasteiger partial charge in [0.25, 0.3) is 0 Å². The van der Waals surface area contributed by atoms with E-state index in [0.29, 0.717) is 42.4 Å². The summed E-state index contributed by atoms with van der Waals surface area (Å²) in [5.74, 6) is -0.523. The number of H-pyrrole nitrogens is 1. The van der Waals surface area contributed by atoms with Gasteiger partial charge in [0.15, 0.2) is 15.6 Å². The first-order valence-electron chi connectivity index (χ1n) is 11.6. The Labute approximate surface area is 247 Å². The Bertz CT molecular complexity index is 1610. The molecule has 0 bridgehead atoms. The summed E-state index contributed by atoms with van der Waals surface area (Å²) in [7, 11) is -3.55. The number of nitrogens with one attached hydrogen (secondary N) is 1. The largest absolute Gasteiger partial charge is 0.433 e. The van der Waals surface area contributed by atoms with Crippen molar-refractivity contribution in [2.45, 2.75) is 23.9 Å². The molecule has 7 nitrogen and oxygen atoms in total. The van der Waals surface area contributed by atoms with Gasteiger partial charge in [0.2, 0.25) is 0 Å². The second-order valence-corrected chi connectivity index (χ2v) is 11.1. The number of hydrogen-bond acceptors (Lipinski definition) is 6. The number of carbonyl (C=O) groups is 1. The summed E-state index contributed by atoms with van der Waals surface area (Å²) in [4.78, 5) is 19.7. The van der Waals surface area contributed by atoms with Crippen molar-refractivity contribution in [1.82, 2.24) is 15.2 Å². The second kappa shape index (κ2) is 12.8. The number of benzene rings is 2. The lowest BCUT2D eigenvalue weighted by Crippen LogP contribution is -2.36. The lowest BCUT2D eigenvalue weighted by Gasteiger charge is -2.34. The predicted octanol–water partition coefficient (Wildman–Crippen LogP) is 6.41. The molecule has 1 fully saturated rings. The van der Waals surface area contributed by atoms with Crippen LogP contribution < -0.4 is 4.90 Å². The number of nitrogens with zero attached hydrogens (tertiary/aromatic N) is 3. The molecule has 2 aromatic carbocycles. The van der Waals surface area contributed by atoms with Crippen molar-refractivity contribution < 1.29 is 26.4 Å². The number of pyridine rings is 1. The Morgan fingerprint density at radius 1 is 1.02 bits per heavy atom. The maximum absolute atomic E-state index is 13.4. The highest BCUT2D eigenvalue weighted by molar-refractivity contribution is 7.90. The van der Waals surface area contributed by atoms with E-state index in [-0.39, 0.29) is 64.9 Å². The number of alkyl halides is 3. The van der Waals surface area contributed by atoms with E-state index < -0.39 is 21.7 Å². The Kier molecular flexibility index (Phi) is 10.6. The maximum atomic E-state index is 13.4. The molecule has 0 unspecified atom stereocenters. The highest BCUT2D eigenvalue weighted by Crippen LogP contribution is 2.38. The molecule has 40 heavy (non-hydrogen) atoms. The van der Waals surface area contributed by atoms with Crippen molar-refractivity contribution in [3.63, 3.8) is 0 Å². The minimum absolute atomic E-state index is 0. The van der Waals surface area contributed by atoms with E-state index >= 15 is 0 Å². The molecule has 1 saturated heterocycles. The second-order valence-electron chi connectivity index (χ2n) is 9.11. The fourth-order valence-electron chi connectivity index (χ4n) is 4.89. The molecule has 1 N–H and O–H groups in total. The Hall–Kier alpha value is -2.86. The normalized spacial score (nSPS) is 14.2. The summed E-state index contributed by atoms with van der Waals surface area (Å²) in [5.41, 5.74) is 1.07. The van der Waals surface area contributed by atoms with Crippen LogP contribution in [0, 0.1) is 5.92 Å². The number of aromatic amines is 1. The molecule has 2 aromatic heterocycles. The van der Waals surface area contributed by atoms with Gasteiger partial charge in [0, 0.05) is 53.7 Å². The van der Waals surface area contributed by atoms with Gasteiger partial charge in [-0.05, 0) is 42.7 Å². The van der Waals surface area contributed by atoms with E-state index in [4.69, 9.17) is 0 Å². The standard InChI is InChI=1S/C26H23F3N4O3S.3ClH/c1-37(35,36)23-5-3-2-4-18(23)24(34)16-9-12-33(13-10-16)22-8-11-30-21-7-6-17(14-19(21)22)20-15-31-32-25(20)26(27,28)29;;;/h2-8,11,14-16H,9-10,12-13H2,1H3,(H,31,32);3*1H. The number of Topliss-reactive ketones (excluding diaryl/α,β-unsaturated/α-hetero) is 1. The quantitative estimate of drug-likeness (QED) is 0.254. The van der Waals surface area contributed by atoms with E-state index in [0.717, 1.165) is 18.1 Å². The van der Waals surface area contributed by atoms with Gasteiger partial charge in [-0.2, -0.15) is 18.3 Å². The van der Waals surface area contributed by atoms with E-state index in [2.05, 4.69) is 15.0 Å². The molecule has 1 aliphatic rings. The Balaban J connectivity index is 0.00000187. The van der Waals surface area contributed by atoms with Crippen LogP contribution >= 0.6 is 37.2 Å². The molecule has 0 atom stereocenters. The average molecular weight is 638 g/mol. The number of piperidine rings is 1. The number of ketones is 1. The fraction of sp³-hybridized carbons (Fsp3) is 0.269. The van der Waals surface area contributed by atoms with Gasteiger partial charge in [-0.1, -0.05) is 24.3 Å². The van der Waals surface area contributed by atoms with Crippen LogP contribution in [0.5, 0.6) is 0 Å². The molecule has 216 valence electrons. The topological polar surface area (TPSA) is 96.0 Å². The third-order valence-electron chi connectivity index (χ3n) is 6.71. The first-order chi connectivity index (χ1) is 17.5. The number of hydrogen-bond donors (Lipinski definition) is 1. The van der Waals surface area contributed by atoms with Crippen molar-refractivity contribution >= 4 is 69.4 Å². The van der Waals surface area contributed by atoms with Gasteiger partial charge < -0.3 is 4.90 Å². The summed E-state index contributed by atoms with van der Waals surface area (Å²) in [6.45, 7) is 1.06. The molecule has 1 aliphatic heterocycles. The number of halogens is 6. The number of aromatic nitrogens is 3. The monoisotopic (exact) mass is 636 g/mol. The summed E-state index contributed by atoms with van der Waals surface area (Å²) in [6, 6.07) is 13.0. The van der Waals surface area contributed by atoms with Gasteiger partial charge in [0.1, 0.15) is 5.69 Å². The van der Waals surface area contributed by atoms with Crippen LogP contribution in [0.4, 0.5) is 18.9 Å². The van der Waals surface area contributed by atoms with Crippen molar-refractivity contribution in [2.75, 3.05) is 24.2 Å². The molecule has 14 heteroatoms. The first kappa shape index (κ1) is 33.3. The van der Waals surface area contributed by atoms with E-state index in [1.54, 1.807) is 42.6 Å². The molecule has 3 heterocycles. The molecule has 0 aliphatic carbocycles. The number of carbonyl (C=O) groups excluding carboxylic acids is 1. The van der Waals surface area contributed by atoms with Crippen LogP contribution in [-0.4, -0.2) is 48.7 Å². The Morgan fingerprint density at radius 3 is 2.35 bits per heavy atom. The highest BCUT2D eigenvalue weighted by Gasteiger charge is 2.36. The molecule has 4 aromatic rings. The predicted molar refractivity (Wildman–Crippen MR) is 155 cm³/mol. The lowest BCUT2D eigenvalue weighted by molar-refractivity contribution is -0.140. The minimum atomic E-state index is -4.57. The zero-order valence-electron chi connectivity index (χ0n) is 21.0. The molecular formula is C26H26Cl3F3N4O3S. The van der Waals surface area contributed by atoms with E-state index in [1.165, 1.54) is 6.07 Å². The van der Waals surface area contributed by atoms with Crippen LogP contribution in [0.1, 0.15) is 28.9 Å². The van der Waals surface area contributed by atoms with Crippen molar-refractivity contribution in [3.8, 4) is 11.1 Å². The van der Waals surface area contributed by atoms with Crippen molar-refractivity contribution in [1.29, 1.82) is 0 Å². The minimum Gasteiger partial charge on any atom is -0.371 e. The van der Waals surface area contributed by atoms with Gasteiger partial charge in [-0.25, -0.2) is 8.42 Å². The van der Waals surface area contributed by atoms with Gasteiger partial charge in [-0.3, -0.25) is 14.9 Å². The van der Waals surface area contributed by atoms with E-state index in [9.17, 15) is 26.4 Å². The average Bonchev–Trinajstić information content (AvgIpc) is 3.38. The molecule has 0 radical (unpaired) electrons. The SMILES string of the molecule is CS(=O)(=O)c1ccccc1C(=O)C1CCN(c2ccnc3ccc(-c4cn[nH]c4C(F)(F)F)cc23)CC1.Cl.Cl.Cl. The van der Waals surface area contributed by atoms with Crippen LogP contribution in [-0.2, 0) is 16.0 Å². The fourth-order valence-corrected chi connectivity index (χ4v) is 5.79. The molecule has 0 spiro atoms. The van der Waals surface area contributed by atoms with Crippen LogP contribution in [0.2, 0.25) is 0 Å². The molecular weight excluding hydrogens is 612 g/mol. The van der Waals surface area contributed by atoms with Gasteiger partial charge >= 0.3 is 6.18 Å². The van der Waals surface area contributed by atoms with Crippen LogP contribution in [0.25, 0.3) is 22.0 Å². The number of rotatable bonds is 5. The molecule has 5 rings (SSSR count). The maximum Gasteiger partial charge on any atom is 0.433 e. The first-order valence-corrected chi connectivity index (χ1v) is 13.5. The Morgan fingerprint density at radius 2 is 1.70 bits per heavy atom. The highest BCUT2D eigenvalue weighted by atomic mass is 35.5. The lowest BCUT2D eigenvalue weighted by atomic mass is 9.88. The summed E-state index contributed by atoms with van der Waals surface area (Å²) >= 11 is 0. The van der Waals surface area contributed by atoms with Gasteiger partial charge in [-0.15, -0.1) is 37.2 Å². The summed E-state index contributed by atoms with van der Waals surface area (Å²) < 4.78 is 64.6. The summed E-state index contributed by atoms with van der Waals surface area (Å²) in [6.07, 6.45) is 0.358. The van der Waals surface area contributed by atoms with Crippen molar-refractivity contribution in [3.05, 3.63) is 72.2 Å². The smallest absolute Gasteiger partial charge is 0.371 e. The van der Waals surface area contributed by atoms with Crippen LogP contribution in [0.15, 0.2) is 65.8 Å². The number of sulfone groups is 1. The molecule has 0 amide bonds. The summed E-state index contributed by atoms with van der Waals surface area (Å²) in [5, 5.41) is 6.33. The third-order valence-corrected chi connectivity index (χ3v) is 7.87. The third kappa shape index (κ3) is 6.54. The van der Waals surface area contributed by atoms with E-state index in [1.807, 2.05) is 11.2 Å².